The van der Waals surface area contributed by atoms with Crippen LogP contribution in [0.5, 0.6) is 0 Å². The summed E-state index contributed by atoms with van der Waals surface area (Å²) in [5.41, 5.74) is 0. The van der Waals surface area contributed by atoms with Gasteiger partial charge in [-0.15, -0.1) is 0 Å². The number of hydrogen-bond acceptors (Lipinski definition) is 2. The van der Waals surface area contributed by atoms with Crippen LogP contribution < -0.4 is 0 Å². The molecule has 2 N–H and O–H groups in total. The van der Waals surface area contributed by atoms with Gasteiger partial charge in [0.15, 0.2) is 0 Å². The summed E-state index contributed by atoms with van der Waals surface area (Å²) in [4.78, 5) is 0. The first-order valence-corrected chi connectivity index (χ1v) is 6.08. The standard InChI is InChI=1S/C12H22O2/c13-7-9-3-1-5-11-10(8-14)4-2-6-12(9)11/h9-14H,1-8H2/t9-,10-,11?,12?/m0/s1. The van der Waals surface area contributed by atoms with Crippen LogP contribution >= 0.6 is 0 Å². The van der Waals surface area contributed by atoms with Crippen LogP contribution in [0.2, 0.25) is 0 Å². The Morgan fingerprint density at radius 1 is 0.714 bits per heavy atom. The number of rotatable bonds is 2. The Morgan fingerprint density at radius 3 is 1.50 bits per heavy atom. The molecule has 0 aromatic heterocycles. The van der Waals surface area contributed by atoms with Gasteiger partial charge in [-0.1, -0.05) is 12.8 Å². The van der Waals surface area contributed by atoms with Crippen molar-refractivity contribution in [2.24, 2.45) is 23.7 Å². The summed E-state index contributed by atoms with van der Waals surface area (Å²) in [5.74, 6) is 2.48. The quantitative estimate of drug-likeness (QED) is 0.710. The highest BCUT2D eigenvalue weighted by Crippen LogP contribution is 2.46. The Morgan fingerprint density at radius 2 is 1.14 bits per heavy atom. The van der Waals surface area contributed by atoms with E-state index in [1.807, 2.05) is 0 Å². The first kappa shape index (κ1) is 10.4. The van der Waals surface area contributed by atoms with E-state index in [0.717, 1.165) is 0 Å². The van der Waals surface area contributed by atoms with Crippen molar-refractivity contribution in [3.05, 3.63) is 0 Å². The Balaban J connectivity index is 2.04. The molecule has 2 fully saturated rings. The molecule has 0 spiro atoms. The maximum atomic E-state index is 9.33. The molecule has 4 atom stereocenters. The minimum Gasteiger partial charge on any atom is -0.396 e. The van der Waals surface area contributed by atoms with Crippen molar-refractivity contribution < 1.29 is 10.2 Å². The van der Waals surface area contributed by atoms with Gasteiger partial charge in [0.05, 0.1) is 0 Å². The number of hydrogen-bond donors (Lipinski definition) is 2. The van der Waals surface area contributed by atoms with Crippen LogP contribution in [-0.4, -0.2) is 23.4 Å². The minimum atomic E-state index is 0.360. The van der Waals surface area contributed by atoms with Gasteiger partial charge in [-0.05, 0) is 49.4 Å². The summed E-state index contributed by atoms with van der Waals surface area (Å²) in [7, 11) is 0. The molecular formula is C12H22O2. The van der Waals surface area contributed by atoms with Gasteiger partial charge in [0.2, 0.25) is 0 Å². The fraction of sp³-hybridized carbons (Fsp3) is 1.00. The Kier molecular flexibility index (Phi) is 3.45. The van der Waals surface area contributed by atoms with Gasteiger partial charge in [-0.25, -0.2) is 0 Å². The van der Waals surface area contributed by atoms with Crippen LogP contribution in [0.4, 0.5) is 0 Å². The van der Waals surface area contributed by atoms with Crippen molar-refractivity contribution >= 4 is 0 Å². The van der Waals surface area contributed by atoms with Crippen molar-refractivity contribution in [2.45, 2.75) is 38.5 Å². The van der Waals surface area contributed by atoms with Crippen LogP contribution in [0, 0.1) is 23.7 Å². The highest BCUT2D eigenvalue weighted by Gasteiger charge is 2.39. The van der Waals surface area contributed by atoms with Gasteiger partial charge in [0.25, 0.3) is 0 Å². The molecule has 0 heterocycles. The van der Waals surface area contributed by atoms with Gasteiger partial charge >= 0.3 is 0 Å². The van der Waals surface area contributed by atoms with E-state index in [-0.39, 0.29) is 0 Å². The summed E-state index contributed by atoms with van der Waals surface area (Å²) < 4.78 is 0. The SMILES string of the molecule is OC[C@@H]1CCCC2C1CCC[C@H]2CO. The summed E-state index contributed by atoms with van der Waals surface area (Å²) in [5, 5.41) is 18.7. The molecule has 2 saturated carbocycles. The molecular weight excluding hydrogens is 176 g/mol. The van der Waals surface area contributed by atoms with Crippen LogP contribution in [-0.2, 0) is 0 Å². The molecule has 0 aromatic rings. The third kappa shape index (κ3) is 1.82. The predicted octanol–water partition coefficient (Wildman–Crippen LogP) is 1.80. The maximum absolute atomic E-state index is 9.33. The van der Waals surface area contributed by atoms with E-state index in [1.165, 1.54) is 38.5 Å². The second-order valence-electron chi connectivity index (χ2n) is 5.07. The highest BCUT2D eigenvalue weighted by molar-refractivity contribution is 4.88. The topological polar surface area (TPSA) is 40.5 Å². The molecule has 82 valence electrons. The van der Waals surface area contributed by atoms with E-state index < -0.39 is 0 Å². The van der Waals surface area contributed by atoms with Gasteiger partial charge in [-0.3, -0.25) is 0 Å². The molecule has 0 aliphatic heterocycles. The molecule has 0 saturated heterocycles. The van der Waals surface area contributed by atoms with Gasteiger partial charge in [-0.2, -0.15) is 0 Å². The van der Waals surface area contributed by atoms with Crippen molar-refractivity contribution in [1.82, 2.24) is 0 Å². The third-order valence-electron chi connectivity index (χ3n) is 4.45. The third-order valence-corrected chi connectivity index (χ3v) is 4.45. The second-order valence-corrected chi connectivity index (χ2v) is 5.07. The zero-order valence-corrected chi connectivity index (χ0v) is 8.86. The first-order chi connectivity index (χ1) is 6.86. The molecule has 0 amide bonds. The van der Waals surface area contributed by atoms with E-state index in [9.17, 15) is 10.2 Å². The van der Waals surface area contributed by atoms with Crippen LogP contribution in [0.3, 0.4) is 0 Å². The molecule has 14 heavy (non-hydrogen) atoms. The number of fused-ring (bicyclic) bond motifs is 1. The lowest BCUT2D eigenvalue weighted by atomic mass is 9.62. The van der Waals surface area contributed by atoms with Crippen LogP contribution in [0.25, 0.3) is 0 Å². The zero-order chi connectivity index (χ0) is 9.97. The summed E-state index contributed by atoms with van der Waals surface area (Å²) in [6.45, 7) is 0.721. The normalized spacial score (nSPS) is 43.3. The van der Waals surface area contributed by atoms with Crippen molar-refractivity contribution in [2.75, 3.05) is 13.2 Å². The van der Waals surface area contributed by atoms with E-state index in [4.69, 9.17) is 0 Å². The van der Waals surface area contributed by atoms with E-state index >= 15 is 0 Å². The lowest BCUT2D eigenvalue weighted by Gasteiger charge is -2.44. The van der Waals surface area contributed by atoms with Crippen LogP contribution in [0.15, 0.2) is 0 Å². The highest BCUT2D eigenvalue weighted by atomic mass is 16.3. The predicted molar refractivity (Wildman–Crippen MR) is 55.8 cm³/mol. The summed E-state index contributed by atoms with van der Waals surface area (Å²) >= 11 is 0. The Bertz CT molecular complexity index is 161. The largest absolute Gasteiger partial charge is 0.396 e. The lowest BCUT2D eigenvalue weighted by molar-refractivity contribution is 0.00511. The molecule has 0 radical (unpaired) electrons. The second kappa shape index (κ2) is 4.63. The van der Waals surface area contributed by atoms with E-state index in [2.05, 4.69) is 0 Å². The number of aliphatic hydroxyl groups is 2. The first-order valence-electron chi connectivity index (χ1n) is 6.08. The van der Waals surface area contributed by atoms with Gasteiger partial charge in [0.1, 0.15) is 0 Å². The molecule has 2 aliphatic rings. The number of aliphatic hydroxyl groups excluding tert-OH is 2. The van der Waals surface area contributed by atoms with Gasteiger partial charge in [0, 0.05) is 13.2 Å². The average Bonchev–Trinajstić information content (AvgIpc) is 2.27. The van der Waals surface area contributed by atoms with Crippen molar-refractivity contribution in [3.63, 3.8) is 0 Å². The monoisotopic (exact) mass is 198 g/mol. The van der Waals surface area contributed by atoms with Crippen molar-refractivity contribution in [3.8, 4) is 0 Å². The van der Waals surface area contributed by atoms with Gasteiger partial charge < -0.3 is 10.2 Å². The fourth-order valence-corrected chi connectivity index (χ4v) is 3.71. The molecule has 2 unspecified atom stereocenters. The smallest absolute Gasteiger partial charge is 0.0462 e. The summed E-state index contributed by atoms with van der Waals surface area (Å²) in [6, 6.07) is 0. The maximum Gasteiger partial charge on any atom is 0.0462 e. The fourth-order valence-electron chi connectivity index (χ4n) is 3.71. The lowest BCUT2D eigenvalue weighted by Crippen LogP contribution is -2.39. The molecule has 2 aliphatic carbocycles. The molecule has 2 nitrogen and oxygen atoms in total. The molecule has 2 heteroatoms. The van der Waals surface area contributed by atoms with E-state index in [0.29, 0.717) is 36.9 Å². The summed E-state index contributed by atoms with van der Waals surface area (Å²) in [6.07, 6.45) is 7.48. The Labute approximate surface area is 86.3 Å². The van der Waals surface area contributed by atoms with Crippen LogP contribution in [0.1, 0.15) is 38.5 Å². The zero-order valence-electron chi connectivity index (χ0n) is 8.86. The average molecular weight is 198 g/mol. The molecule has 0 bridgehead atoms. The molecule has 2 rings (SSSR count). The Hall–Kier alpha value is -0.0800. The van der Waals surface area contributed by atoms with Crippen molar-refractivity contribution in [1.29, 1.82) is 0 Å². The molecule has 0 aromatic carbocycles. The van der Waals surface area contributed by atoms with E-state index in [1.54, 1.807) is 0 Å². The minimum absolute atomic E-state index is 0.360.